The molecule has 0 bridgehead atoms. The third-order valence-corrected chi connectivity index (χ3v) is 5.87. The van der Waals surface area contributed by atoms with Gasteiger partial charge in [0.25, 0.3) is 0 Å². The van der Waals surface area contributed by atoms with Crippen LogP contribution in [0.2, 0.25) is 0 Å². The van der Waals surface area contributed by atoms with E-state index in [1.165, 1.54) is 54.4 Å². The average molecular weight is 330 g/mol. The van der Waals surface area contributed by atoms with Crippen molar-refractivity contribution in [2.45, 2.75) is 0 Å². The second kappa shape index (κ2) is 4.17. The van der Waals surface area contributed by atoms with Gasteiger partial charge >= 0.3 is 0 Å². The number of imidazole rings is 1. The van der Waals surface area contributed by atoms with E-state index >= 15 is 0 Å². The number of rotatable bonds is 0. The fourth-order valence-electron chi connectivity index (χ4n) is 4.81. The van der Waals surface area contributed by atoms with Crippen molar-refractivity contribution >= 4 is 54.4 Å². The Morgan fingerprint density at radius 2 is 0.962 bits per heavy atom. The van der Waals surface area contributed by atoms with Crippen molar-refractivity contribution in [2.24, 2.45) is 0 Å². The van der Waals surface area contributed by atoms with E-state index in [0.29, 0.717) is 0 Å². The standard InChI is InChI=1S/C24H14N2/c1-3-7-17-15(5-1)9-11-19-21-20-12-10-16-6-2-4-8-18(16)23(20)26-14-13-25(22(17)19)24(21)26/h1-14H. The summed E-state index contributed by atoms with van der Waals surface area (Å²) in [5.41, 5.74) is 3.90. The molecule has 0 aliphatic carbocycles. The predicted octanol–water partition coefficient (Wildman–Crippen LogP) is 6.24. The molecule has 0 atom stereocenters. The second-order valence-electron chi connectivity index (χ2n) is 7.10. The van der Waals surface area contributed by atoms with E-state index in [2.05, 4.69) is 94.0 Å². The first-order valence-electron chi connectivity index (χ1n) is 8.97. The van der Waals surface area contributed by atoms with Crippen LogP contribution in [0.15, 0.2) is 85.2 Å². The lowest BCUT2D eigenvalue weighted by molar-refractivity contribution is 1.26. The molecular formula is C24H14N2. The van der Waals surface area contributed by atoms with Crippen LogP contribution >= 0.6 is 0 Å². The highest BCUT2D eigenvalue weighted by molar-refractivity contribution is 6.28. The van der Waals surface area contributed by atoms with Gasteiger partial charge < -0.3 is 0 Å². The Balaban J connectivity index is 1.86. The zero-order valence-electron chi connectivity index (χ0n) is 14.0. The first-order valence-corrected chi connectivity index (χ1v) is 8.97. The van der Waals surface area contributed by atoms with Crippen molar-refractivity contribution in [1.82, 2.24) is 8.80 Å². The maximum absolute atomic E-state index is 2.36. The monoisotopic (exact) mass is 330 g/mol. The molecule has 0 aliphatic heterocycles. The molecule has 0 saturated heterocycles. The van der Waals surface area contributed by atoms with Crippen LogP contribution < -0.4 is 0 Å². The van der Waals surface area contributed by atoms with Gasteiger partial charge in [0.1, 0.15) is 5.65 Å². The zero-order valence-corrected chi connectivity index (χ0v) is 14.0. The van der Waals surface area contributed by atoms with Crippen molar-refractivity contribution in [1.29, 1.82) is 0 Å². The van der Waals surface area contributed by atoms with Crippen molar-refractivity contribution in [3.05, 3.63) is 85.2 Å². The molecule has 0 saturated carbocycles. The van der Waals surface area contributed by atoms with Gasteiger partial charge in [-0.05, 0) is 10.8 Å². The van der Waals surface area contributed by atoms with Gasteiger partial charge in [-0.3, -0.25) is 8.80 Å². The second-order valence-corrected chi connectivity index (χ2v) is 7.10. The molecule has 2 nitrogen and oxygen atoms in total. The van der Waals surface area contributed by atoms with Crippen molar-refractivity contribution < 1.29 is 0 Å². The van der Waals surface area contributed by atoms with E-state index in [-0.39, 0.29) is 0 Å². The fraction of sp³-hybridized carbons (Fsp3) is 0. The van der Waals surface area contributed by atoms with Gasteiger partial charge in [0, 0.05) is 39.3 Å². The fourth-order valence-corrected chi connectivity index (χ4v) is 4.81. The molecule has 0 N–H and O–H groups in total. The molecule has 0 unspecified atom stereocenters. The molecule has 7 aromatic rings. The normalized spacial score (nSPS) is 12.6. The minimum absolute atomic E-state index is 1.28. The average Bonchev–Trinajstić information content (AvgIpc) is 3.35. The van der Waals surface area contributed by atoms with Crippen LogP contribution in [0, 0.1) is 0 Å². The number of hydrogen-bond donors (Lipinski definition) is 0. The molecule has 120 valence electrons. The number of benzene rings is 4. The first-order chi connectivity index (χ1) is 12.9. The van der Waals surface area contributed by atoms with Gasteiger partial charge in [-0.15, -0.1) is 0 Å². The summed E-state index contributed by atoms with van der Waals surface area (Å²) in [7, 11) is 0. The van der Waals surface area contributed by atoms with E-state index in [4.69, 9.17) is 0 Å². The van der Waals surface area contributed by atoms with Gasteiger partial charge in [0.2, 0.25) is 0 Å². The molecule has 0 fully saturated rings. The van der Waals surface area contributed by atoms with Crippen LogP contribution in [0.25, 0.3) is 54.4 Å². The summed E-state index contributed by atoms with van der Waals surface area (Å²) < 4.78 is 4.73. The summed E-state index contributed by atoms with van der Waals surface area (Å²) in [5.74, 6) is 0. The van der Waals surface area contributed by atoms with Crippen LogP contribution in [0.5, 0.6) is 0 Å². The summed E-state index contributed by atoms with van der Waals surface area (Å²) in [4.78, 5) is 0. The smallest absolute Gasteiger partial charge is 0.130 e. The van der Waals surface area contributed by atoms with E-state index < -0.39 is 0 Å². The molecule has 3 heterocycles. The third kappa shape index (κ3) is 1.29. The summed E-state index contributed by atoms with van der Waals surface area (Å²) >= 11 is 0. The Bertz CT molecular complexity index is 1510. The van der Waals surface area contributed by atoms with E-state index in [9.17, 15) is 0 Å². The van der Waals surface area contributed by atoms with E-state index in [1.807, 2.05) is 0 Å². The predicted molar refractivity (Wildman–Crippen MR) is 110 cm³/mol. The minimum Gasteiger partial charge on any atom is -0.300 e. The molecule has 0 spiro atoms. The molecule has 2 heteroatoms. The minimum atomic E-state index is 1.28. The molecule has 4 aromatic carbocycles. The SMILES string of the molecule is c1ccc2c(c1)ccc1c3c4ccc5ccccc5c4n4ccn(c21)c34. The van der Waals surface area contributed by atoms with Crippen LogP contribution in [0.4, 0.5) is 0 Å². The highest BCUT2D eigenvalue weighted by Gasteiger charge is 2.20. The maximum atomic E-state index is 2.36. The summed E-state index contributed by atoms with van der Waals surface area (Å²) in [6, 6.07) is 26.4. The van der Waals surface area contributed by atoms with Gasteiger partial charge in [-0.2, -0.15) is 0 Å². The van der Waals surface area contributed by atoms with E-state index in [0.717, 1.165) is 0 Å². The summed E-state index contributed by atoms with van der Waals surface area (Å²) in [6.45, 7) is 0. The Hall–Kier alpha value is -3.52. The van der Waals surface area contributed by atoms with Crippen LogP contribution in [-0.2, 0) is 0 Å². The summed E-state index contributed by atoms with van der Waals surface area (Å²) in [6.07, 6.45) is 4.41. The van der Waals surface area contributed by atoms with Crippen LogP contribution in [-0.4, -0.2) is 8.80 Å². The van der Waals surface area contributed by atoms with Crippen LogP contribution in [0.3, 0.4) is 0 Å². The third-order valence-electron chi connectivity index (χ3n) is 5.87. The van der Waals surface area contributed by atoms with E-state index in [1.54, 1.807) is 0 Å². The van der Waals surface area contributed by atoms with Crippen molar-refractivity contribution in [2.75, 3.05) is 0 Å². The van der Waals surface area contributed by atoms with Crippen LogP contribution in [0.1, 0.15) is 0 Å². The van der Waals surface area contributed by atoms with Gasteiger partial charge in [-0.25, -0.2) is 0 Å². The largest absolute Gasteiger partial charge is 0.300 e. The Kier molecular flexibility index (Phi) is 2.05. The lowest BCUT2D eigenvalue weighted by Gasteiger charge is -2.02. The summed E-state index contributed by atoms with van der Waals surface area (Å²) in [5, 5.41) is 9.23. The number of nitrogens with zero attached hydrogens (tertiary/aromatic N) is 2. The first kappa shape index (κ1) is 12.8. The molecule has 0 amide bonds. The van der Waals surface area contributed by atoms with Crippen molar-refractivity contribution in [3.63, 3.8) is 0 Å². The van der Waals surface area contributed by atoms with Crippen molar-refractivity contribution in [3.8, 4) is 0 Å². The van der Waals surface area contributed by atoms with Gasteiger partial charge in [0.15, 0.2) is 0 Å². The number of aromatic nitrogens is 2. The Morgan fingerprint density at radius 1 is 0.462 bits per heavy atom. The lowest BCUT2D eigenvalue weighted by Crippen LogP contribution is -1.83. The number of fused-ring (bicyclic) bond motifs is 10. The highest BCUT2D eigenvalue weighted by atomic mass is 15.1. The molecule has 3 aromatic heterocycles. The highest BCUT2D eigenvalue weighted by Crippen LogP contribution is 2.41. The molecule has 0 aliphatic rings. The van der Waals surface area contributed by atoms with Gasteiger partial charge in [-0.1, -0.05) is 72.8 Å². The Morgan fingerprint density at radius 3 is 1.50 bits per heavy atom. The molecular weight excluding hydrogens is 316 g/mol. The zero-order chi connectivity index (χ0) is 16.8. The maximum Gasteiger partial charge on any atom is 0.130 e. The molecule has 7 rings (SSSR count). The topological polar surface area (TPSA) is 8.82 Å². The Labute approximate surface area is 148 Å². The quantitative estimate of drug-likeness (QED) is 0.311. The lowest BCUT2D eigenvalue weighted by atomic mass is 10.0. The number of hydrogen-bond acceptors (Lipinski definition) is 0. The molecule has 0 radical (unpaired) electrons. The van der Waals surface area contributed by atoms with Gasteiger partial charge in [0.05, 0.1) is 11.0 Å². The molecule has 26 heavy (non-hydrogen) atoms.